The predicted octanol–water partition coefficient (Wildman–Crippen LogP) is 2.70. The minimum Gasteiger partial charge on any atom is -0.356 e. The van der Waals surface area contributed by atoms with Crippen molar-refractivity contribution in [2.45, 2.75) is 46.1 Å². The summed E-state index contributed by atoms with van der Waals surface area (Å²) in [6, 6.07) is 0. The molecule has 0 unspecified atom stereocenters. The molecule has 2 rings (SSSR count). The number of nitrogens with one attached hydrogen (secondary N) is 2. The lowest BCUT2D eigenvalue weighted by atomic mass is 9.67. The zero-order valence-corrected chi connectivity index (χ0v) is 12.9. The highest BCUT2D eigenvalue weighted by Crippen LogP contribution is 2.42. The summed E-state index contributed by atoms with van der Waals surface area (Å²) in [5.41, 5.74) is 0.509. The van der Waals surface area contributed by atoms with Gasteiger partial charge in [-0.05, 0) is 31.6 Å². The van der Waals surface area contributed by atoms with Gasteiger partial charge in [0, 0.05) is 24.7 Å². The van der Waals surface area contributed by atoms with Crippen LogP contribution in [0.5, 0.6) is 0 Å². The maximum Gasteiger partial charge on any atom is 0.191 e. The summed E-state index contributed by atoms with van der Waals surface area (Å²) in [5.74, 6) is 0.882. The van der Waals surface area contributed by atoms with Crippen molar-refractivity contribution in [3.8, 4) is 0 Å². The molecule has 0 aromatic carbocycles. The lowest BCUT2D eigenvalue weighted by Crippen LogP contribution is -2.46. The molecule has 1 saturated carbocycles. The lowest BCUT2D eigenvalue weighted by Gasteiger charge is -2.41. The first-order valence-corrected chi connectivity index (χ1v) is 7.85. The molecule has 0 amide bonds. The Kier molecular flexibility index (Phi) is 4.80. The molecule has 0 radical (unpaired) electrons. The van der Waals surface area contributed by atoms with Crippen LogP contribution in [0.15, 0.2) is 11.2 Å². The van der Waals surface area contributed by atoms with Gasteiger partial charge in [0.15, 0.2) is 5.96 Å². The monoisotopic (exact) mass is 280 g/mol. The normalized spacial score (nSPS) is 17.9. The van der Waals surface area contributed by atoms with Crippen molar-refractivity contribution in [3.63, 3.8) is 0 Å². The van der Waals surface area contributed by atoms with E-state index in [2.05, 4.69) is 34.5 Å². The van der Waals surface area contributed by atoms with E-state index < -0.39 is 0 Å². The number of hydrogen-bond acceptors (Lipinski definition) is 3. The van der Waals surface area contributed by atoms with Crippen LogP contribution in [0.4, 0.5) is 0 Å². The molecule has 1 aliphatic carbocycles. The van der Waals surface area contributed by atoms with Gasteiger partial charge in [0.1, 0.15) is 5.01 Å². The molecule has 1 aliphatic rings. The number of thiazole rings is 1. The first-order chi connectivity index (χ1) is 9.17. The SMILES string of the molecule is CCC1(CNC(=NC)NCc2ncc(C)s2)CCC1. The molecule has 19 heavy (non-hydrogen) atoms. The van der Waals surface area contributed by atoms with Crippen LogP contribution < -0.4 is 10.6 Å². The standard InChI is InChI=1S/C14H24N4S/c1-4-14(6-5-7-14)10-18-13(15-3)17-9-12-16-8-11(2)19-12/h8H,4-7,9-10H2,1-3H3,(H2,15,17,18). The summed E-state index contributed by atoms with van der Waals surface area (Å²) in [7, 11) is 1.82. The van der Waals surface area contributed by atoms with Crippen LogP contribution in [-0.4, -0.2) is 24.5 Å². The van der Waals surface area contributed by atoms with Gasteiger partial charge in [-0.3, -0.25) is 4.99 Å². The number of aromatic nitrogens is 1. The first kappa shape index (κ1) is 14.3. The van der Waals surface area contributed by atoms with Crippen LogP contribution in [0, 0.1) is 12.3 Å². The van der Waals surface area contributed by atoms with E-state index in [9.17, 15) is 0 Å². The Hall–Kier alpha value is -1.10. The Balaban J connectivity index is 1.77. The molecule has 0 aliphatic heterocycles. The van der Waals surface area contributed by atoms with E-state index in [1.54, 1.807) is 11.3 Å². The Morgan fingerprint density at radius 2 is 2.26 bits per heavy atom. The van der Waals surface area contributed by atoms with Gasteiger partial charge in [0.25, 0.3) is 0 Å². The van der Waals surface area contributed by atoms with Crippen molar-refractivity contribution in [2.24, 2.45) is 10.4 Å². The molecule has 106 valence electrons. The maximum absolute atomic E-state index is 4.35. The number of nitrogens with zero attached hydrogens (tertiary/aromatic N) is 2. The Morgan fingerprint density at radius 1 is 1.47 bits per heavy atom. The van der Waals surface area contributed by atoms with Crippen LogP contribution in [0.1, 0.15) is 42.5 Å². The molecule has 0 bridgehead atoms. The summed E-state index contributed by atoms with van der Waals surface area (Å²) in [4.78, 5) is 9.87. The topological polar surface area (TPSA) is 49.3 Å². The van der Waals surface area contributed by atoms with E-state index in [0.717, 1.165) is 24.1 Å². The van der Waals surface area contributed by atoms with Crippen molar-refractivity contribution >= 4 is 17.3 Å². The molecule has 1 aromatic rings. The highest BCUT2D eigenvalue weighted by Gasteiger charge is 2.34. The Labute approximate surface area is 119 Å². The summed E-state index contributed by atoms with van der Waals surface area (Å²) in [5, 5.41) is 7.89. The summed E-state index contributed by atoms with van der Waals surface area (Å²) in [6.45, 7) is 6.14. The fraction of sp³-hybridized carbons (Fsp3) is 0.714. The van der Waals surface area contributed by atoms with Gasteiger partial charge in [0.05, 0.1) is 6.54 Å². The van der Waals surface area contributed by atoms with Crippen LogP contribution >= 0.6 is 11.3 Å². The van der Waals surface area contributed by atoms with Gasteiger partial charge in [-0.15, -0.1) is 11.3 Å². The number of aryl methyl sites for hydroxylation is 1. The van der Waals surface area contributed by atoms with E-state index in [-0.39, 0.29) is 0 Å². The minimum atomic E-state index is 0.509. The lowest BCUT2D eigenvalue weighted by molar-refractivity contribution is 0.131. The third kappa shape index (κ3) is 3.69. The van der Waals surface area contributed by atoms with Crippen molar-refractivity contribution in [1.82, 2.24) is 15.6 Å². The summed E-state index contributed by atoms with van der Waals surface area (Å²) >= 11 is 1.73. The molecule has 4 nitrogen and oxygen atoms in total. The highest BCUT2D eigenvalue weighted by molar-refractivity contribution is 7.11. The van der Waals surface area contributed by atoms with Crippen molar-refractivity contribution < 1.29 is 0 Å². The zero-order valence-electron chi connectivity index (χ0n) is 12.1. The van der Waals surface area contributed by atoms with Gasteiger partial charge in [0.2, 0.25) is 0 Å². The van der Waals surface area contributed by atoms with E-state index in [1.165, 1.54) is 30.6 Å². The molecule has 0 saturated heterocycles. The van der Waals surface area contributed by atoms with Gasteiger partial charge in [-0.2, -0.15) is 0 Å². The molecular weight excluding hydrogens is 256 g/mol. The fourth-order valence-corrected chi connectivity index (χ4v) is 3.19. The van der Waals surface area contributed by atoms with Crippen LogP contribution in [0.3, 0.4) is 0 Å². The maximum atomic E-state index is 4.35. The number of aliphatic imine (C=N–C) groups is 1. The molecular formula is C14H24N4S. The first-order valence-electron chi connectivity index (χ1n) is 7.03. The number of guanidine groups is 1. The van der Waals surface area contributed by atoms with Crippen LogP contribution in [0.2, 0.25) is 0 Å². The zero-order chi connectivity index (χ0) is 13.7. The number of hydrogen-bond donors (Lipinski definition) is 2. The molecule has 1 heterocycles. The highest BCUT2D eigenvalue weighted by atomic mass is 32.1. The van der Waals surface area contributed by atoms with E-state index in [4.69, 9.17) is 0 Å². The van der Waals surface area contributed by atoms with Gasteiger partial charge in [-0.25, -0.2) is 4.98 Å². The van der Waals surface area contributed by atoms with Crippen molar-refractivity contribution in [1.29, 1.82) is 0 Å². The second-order valence-electron chi connectivity index (χ2n) is 5.35. The van der Waals surface area contributed by atoms with Crippen LogP contribution in [0.25, 0.3) is 0 Å². The quantitative estimate of drug-likeness (QED) is 0.644. The van der Waals surface area contributed by atoms with Gasteiger partial charge in [-0.1, -0.05) is 13.3 Å². The smallest absolute Gasteiger partial charge is 0.191 e. The van der Waals surface area contributed by atoms with E-state index >= 15 is 0 Å². The van der Waals surface area contributed by atoms with Gasteiger partial charge < -0.3 is 10.6 Å². The molecule has 0 spiro atoms. The third-order valence-corrected chi connectivity index (χ3v) is 5.01. The second kappa shape index (κ2) is 6.37. The minimum absolute atomic E-state index is 0.509. The average molecular weight is 280 g/mol. The second-order valence-corrected chi connectivity index (χ2v) is 6.67. The summed E-state index contributed by atoms with van der Waals surface area (Å²) in [6.07, 6.45) is 7.24. The molecule has 1 aromatic heterocycles. The van der Waals surface area contributed by atoms with Crippen molar-refractivity contribution in [2.75, 3.05) is 13.6 Å². The Bertz CT molecular complexity index is 429. The van der Waals surface area contributed by atoms with Crippen molar-refractivity contribution in [3.05, 3.63) is 16.1 Å². The number of rotatable bonds is 5. The van der Waals surface area contributed by atoms with Gasteiger partial charge >= 0.3 is 0 Å². The van der Waals surface area contributed by atoms with Crippen LogP contribution in [-0.2, 0) is 6.54 Å². The van der Waals surface area contributed by atoms with E-state index in [0.29, 0.717) is 5.41 Å². The average Bonchev–Trinajstić information content (AvgIpc) is 2.78. The largest absolute Gasteiger partial charge is 0.356 e. The molecule has 1 fully saturated rings. The Morgan fingerprint density at radius 3 is 2.74 bits per heavy atom. The van der Waals surface area contributed by atoms with E-state index in [1.807, 2.05) is 13.2 Å². The molecule has 2 N–H and O–H groups in total. The molecule has 5 heteroatoms. The molecule has 0 atom stereocenters. The third-order valence-electron chi connectivity index (χ3n) is 4.09. The fourth-order valence-electron chi connectivity index (χ4n) is 2.47. The predicted molar refractivity (Wildman–Crippen MR) is 81.6 cm³/mol. The summed E-state index contributed by atoms with van der Waals surface area (Å²) < 4.78 is 0.